The van der Waals surface area contributed by atoms with Crippen LogP contribution in [0.3, 0.4) is 0 Å². The summed E-state index contributed by atoms with van der Waals surface area (Å²) in [5.74, 6) is -1.64. The van der Waals surface area contributed by atoms with Crippen LogP contribution in [0.2, 0.25) is 0 Å². The minimum Gasteiger partial charge on any atom is -0.462 e. The van der Waals surface area contributed by atoms with Crippen LogP contribution in [-0.4, -0.2) is 31.1 Å². The Hall–Kier alpha value is -2.93. The summed E-state index contributed by atoms with van der Waals surface area (Å²) in [4.78, 5) is 36.7. The number of benzene rings is 1. The van der Waals surface area contributed by atoms with E-state index < -0.39 is 24.5 Å². The second-order valence-corrected chi connectivity index (χ2v) is 6.57. The van der Waals surface area contributed by atoms with Crippen molar-refractivity contribution in [3.05, 3.63) is 58.5 Å². The van der Waals surface area contributed by atoms with E-state index in [4.69, 9.17) is 9.47 Å². The predicted molar refractivity (Wildman–Crippen MR) is 105 cm³/mol. The molecule has 0 radical (unpaired) electrons. The van der Waals surface area contributed by atoms with Crippen LogP contribution in [0.1, 0.15) is 34.6 Å². The highest BCUT2D eigenvalue weighted by molar-refractivity contribution is 7.16. The van der Waals surface area contributed by atoms with E-state index in [2.05, 4.69) is 5.32 Å². The van der Waals surface area contributed by atoms with Crippen LogP contribution in [0.25, 0.3) is 6.08 Å². The first-order valence-electron chi connectivity index (χ1n) is 8.53. The molecule has 0 spiro atoms. The van der Waals surface area contributed by atoms with E-state index in [1.165, 1.54) is 17.4 Å². The molecule has 27 heavy (non-hydrogen) atoms. The SMILES string of the molecule is CCOC(=O)c1cc(CC)sc1NC(=O)COC(=O)C=Cc1ccccc1. The molecule has 0 aliphatic rings. The number of rotatable bonds is 8. The van der Waals surface area contributed by atoms with Crippen LogP contribution in [0.5, 0.6) is 0 Å². The molecule has 0 atom stereocenters. The molecule has 1 aromatic heterocycles. The number of aryl methyl sites for hydroxylation is 1. The molecule has 6 nitrogen and oxygen atoms in total. The van der Waals surface area contributed by atoms with Crippen molar-refractivity contribution in [2.45, 2.75) is 20.3 Å². The largest absolute Gasteiger partial charge is 0.462 e. The van der Waals surface area contributed by atoms with E-state index in [9.17, 15) is 14.4 Å². The topological polar surface area (TPSA) is 81.7 Å². The van der Waals surface area contributed by atoms with Gasteiger partial charge in [-0.05, 0) is 31.1 Å². The van der Waals surface area contributed by atoms with Gasteiger partial charge in [-0.1, -0.05) is 37.3 Å². The van der Waals surface area contributed by atoms with Gasteiger partial charge in [0, 0.05) is 11.0 Å². The van der Waals surface area contributed by atoms with Crippen molar-refractivity contribution in [2.75, 3.05) is 18.5 Å². The first kappa shape index (κ1) is 20.4. The zero-order valence-electron chi connectivity index (χ0n) is 15.2. The third-order valence-corrected chi connectivity index (χ3v) is 4.63. The fourth-order valence-corrected chi connectivity index (χ4v) is 3.15. The van der Waals surface area contributed by atoms with Crippen LogP contribution in [0, 0.1) is 0 Å². The third kappa shape index (κ3) is 6.38. The summed E-state index contributed by atoms with van der Waals surface area (Å²) in [5.41, 5.74) is 1.16. The maximum Gasteiger partial charge on any atom is 0.341 e. The second kappa shape index (κ2) is 10.3. The molecule has 142 valence electrons. The Bertz CT molecular complexity index is 826. The molecule has 1 aromatic carbocycles. The summed E-state index contributed by atoms with van der Waals surface area (Å²) in [6.07, 6.45) is 3.59. The zero-order chi connectivity index (χ0) is 19.6. The van der Waals surface area contributed by atoms with E-state index in [1.807, 2.05) is 37.3 Å². The lowest BCUT2D eigenvalue weighted by Gasteiger charge is -2.06. The van der Waals surface area contributed by atoms with Crippen LogP contribution < -0.4 is 5.32 Å². The molecule has 0 saturated heterocycles. The van der Waals surface area contributed by atoms with Gasteiger partial charge in [-0.2, -0.15) is 0 Å². The van der Waals surface area contributed by atoms with Crippen LogP contribution in [-0.2, 0) is 25.5 Å². The second-order valence-electron chi connectivity index (χ2n) is 5.43. The number of ether oxygens (including phenoxy) is 2. The molecule has 0 aliphatic heterocycles. The third-order valence-electron chi connectivity index (χ3n) is 3.44. The number of hydrogen-bond donors (Lipinski definition) is 1. The summed E-state index contributed by atoms with van der Waals surface area (Å²) >= 11 is 1.30. The molecule has 2 aromatic rings. The molecular weight excluding hydrogens is 366 g/mol. The van der Waals surface area contributed by atoms with E-state index >= 15 is 0 Å². The van der Waals surface area contributed by atoms with Gasteiger partial charge in [0.2, 0.25) is 0 Å². The molecule has 0 fully saturated rings. The van der Waals surface area contributed by atoms with E-state index in [1.54, 1.807) is 19.1 Å². The van der Waals surface area contributed by atoms with E-state index in [0.29, 0.717) is 10.6 Å². The van der Waals surface area contributed by atoms with Crippen molar-refractivity contribution in [2.24, 2.45) is 0 Å². The maximum atomic E-state index is 12.1. The fraction of sp³-hybridized carbons (Fsp3) is 0.250. The quantitative estimate of drug-likeness (QED) is 0.552. The Labute approximate surface area is 161 Å². The van der Waals surface area contributed by atoms with Crippen molar-refractivity contribution < 1.29 is 23.9 Å². The van der Waals surface area contributed by atoms with Gasteiger partial charge in [-0.15, -0.1) is 11.3 Å². The molecule has 0 aliphatic carbocycles. The Balaban J connectivity index is 1.91. The van der Waals surface area contributed by atoms with Gasteiger partial charge in [-0.25, -0.2) is 9.59 Å². The number of thiophene rings is 1. The van der Waals surface area contributed by atoms with Crippen molar-refractivity contribution in [1.82, 2.24) is 0 Å². The Morgan fingerprint density at radius 2 is 1.85 bits per heavy atom. The summed E-state index contributed by atoms with van der Waals surface area (Å²) in [6, 6.07) is 11.0. The van der Waals surface area contributed by atoms with E-state index in [0.717, 1.165) is 16.9 Å². The average molecular weight is 387 g/mol. The number of esters is 2. The highest BCUT2D eigenvalue weighted by Gasteiger charge is 2.19. The number of carbonyl (C=O) groups is 3. The zero-order valence-corrected chi connectivity index (χ0v) is 16.0. The standard InChI is InChI=1S/C20H21NO5S/c1-3-15-12-16(20(24)25-4-2)19(27-15)21-17(22)13-26-18(23)11-10-14-8-6-5-7-9-14/h5-12H,3-4,13H2,1-2H3,(H,21,22). The summed E-state index contributed by atoms with van der Waals surface area (Å²) in [7, 11) is 0. The average Bonchev–Trinajstić information content (AvgIpc) is 3.08. The monoisotopic (exact) mass is 387 g/mol. The first-order chi connectivity index (χ1) is 13.0. The van der Waals surface area contributed by atoms with E-state index in [-0.39, 0.29) is 6.61 Å². The van der Waals surface area contributed by atoms with Gasteiger partial charge >= 0.3 is 11.9 Å². The molecule has 7 heteroatoms. The van der Waals surface area contributed by atoms with Crippen molar-refractivity contribution in [3.8, 4) is 0 Å². The molecule has 1 N–H and O–H groups in total. The number of hydrogen-bond acceptors (Lipinski definition) is 6. The highest BCUT2D eigenvalue weighted by Crippen LogP contribution is 2.29. The van der Waals surface area contributed by atoms with Gasteiger partial charge < -0.3 is 14.8 Å². The maximum absolute atomic E-state index is 12.1. The summed E-state index contributed by atoms with van der Waals surface area (Å²) < 4.78 is 9.93. The fourth-order valence-electron chi connectivity index (χ4n) is 2.15. The molecule has 1 heterocycles. The number of carbonyl (C=O) groups excluding carboxylic acids is 3. The molecule has 2 rings (SSSR count). The van der Waals surface area contributed by atoms with Gasteiger partial charge in [-0.3, -0.25) is 4.79 Å². The smallest absolute Gasteiger partial charge is 0.341 e. The number of amides is 1. The van der Waals surface area contributed by atoms with Crippen molar-refractivity contribution >= 4 is 40.3 Å². The Morgan fingerprint density at radius 1 is 1.11 bits per heavy atom. The minimum atomic E-state index is -0.625. The van der Waals surface area contributed by atoms with Gasteiger partial charge in [0.1, 0.15) is 5.00 Å². The summed E-state index contributed by atoms with van der Waals surface area (Å²) in [5, 5.41) is 3.01. The first-order valence-corrected chi connectivity index (χ1v) is 9.34. The Morgan fingerprint density at radius 3 is 2.52 bits per heavy atom. The van der Waals surface area contributed by atoms with Crippen LogP contribution in [0.15, 0.2) is 42.5 Å². The van der Waals surface area contributed by atoms with Crippen LogP contribution >= 0.6 is 11.3 Å². The highest BCUT2D eigenvalue weighted by atomic mass is 32.1. The minimum absolute atomic E-state index is 0.245. The summed E-state index contributed by atoms with van der Waals surface area (Å²) in [6.45, 7) is 3.47. The molecule has 0 unspecified atom stereocenters. The molecule has 0 saturated carbocycles. The number of anilines is 1. The van der Waals surface area contributed by atoms with Crippen LogP contribution in [0.4, 0.5) is 5.00 Å². The van der Waals surface area contributed by atoms with Gasteiger partial charge in [0.25, 0.3) is 5.91 Å². The molecular formula is C20H21NO5S. The van der Waals surface area contributed by atoms with Gasteiger partial charge in [0.05, 0.1) is 12.2 Å². The number of nitrogens with one attached hydrogen (secondary N) is 1. The molecule has 0 bridgehead atoms. The van der Waals surface area contributed by atoms with Crippen molar-refractivity contribution in [1.29, 1.82) is 0 Å². The predicted octanol–water partition coefficient (Wildman–Crippen LogP) is 3.68. The Kier molecular flexibility index (Phi) is 7.76. The normalized spacial score (nSPS) is 10.6. The van der Waals surface area contributed by atoms with Crippen molar-refractivity contribution in [3.63, 3.8) is 0 Å². The lowest BCUT2D eigenvalue weighted by atomic mass is 10.2. The lowest BCUT2D eigenvalue weighted by molar-refractivity contribution is -0.142. The lowest BCUT2D eigenvalue weighted by Crippen LogP contribution is -2.20. The molecule has 1 amide bonds. The van der Waals surface area contributed by atoms with Gasteiger partial charge in [0.15, 0.2) is 6.61 Å².